The van der Waals surface area contributed by atoms with Crippen LogP contribution in [0, 0.1) is 13.8 Å². The van der Waals surface area contributed by atoms with Gasteiger partial charge in [0.2, 0.25) is 0 Å². The van der Waals surface area contributed by atoms with Crippen LogP contribution < -0.4 is 10.5 Å². The summed E-state index contributed by atoms with van der Waals surface area (Å²) in [5, 5.41) is 11.8. The molecule has 0 spiro atoms. The van der Waals surface area contributed by atoms with E-state index in [4.69, 9.17) is 20.4 Å². The van der Waals surface area contributed by atoms with Crippen molar-refractivity contribution < 1.29 is 14.7 Å². The Labute approximate surface area is 106 Å². The normalized spacial score (nSPS) is 13.4. The maximum Gasteiger partial charge on any atom is 0.175 e. The highest BCUT2D eigenvalue weighted by Gasteiger charge is 2.16. The van der Waals surface area contributed by atoms with Crippen LogP contribution in [0.3, 0.4) is 0 Å². The maximum absolute atomic E-state index is 8.80. The minimum Gasteiger partial charge on any atom is -0.487 e. The zero-order valence-electron chi connectivity index (χ0n) is 11.1. The SMILES string of the molecule is COCC(C)Oc1cc(C)nc(C)c1/C(N)=N/O. The summed E-state index contributed by atoms with van der Waals surface area (Å²) in [4.78, 5) is 4.27. The Balaban J connectivity index is 3.15. The minimum atomic E-state index is -0.138. The third kappa shape index (κ3) is 3.33. The first-order chi connectivity index (χ1) is 8.49. The number of methoxy groups -OCH3 is 1. The second kappa shape index (κ2) is 6.20. The molecule has 6 nitrogen and oxygen atoms in total. The second-order valence-corrected chi connectivity index (χ2v) is 4.09. The molecule has 0 aliphatic carbocycles. The van der Waals surface area contributed by atoms with E-state index in [1.165, 1.54) is 0 Å². The Morgan fingerprint density at radius 2 is 2.22 bits per heavy atom. The molecule has 0 fully saturated rings. The van der Waals surface area contributed by atoms with E-state index in [9.17, 15) is 0 Å². The number of nitrogens with zero attached hydrogens (tertiary/aromatic N) is 2. The van der Waals surface area contributed by atoms with E-state index in [0.29, 0.717) is 23.6 Å². The van der Waals surface area contributed by atoms with Gasteiger partial charge in [0.05, 0.1) is 17.9 Å². The molecule has 1 aromatic rings. The molecule has 0 saturated carbocycles. The van der Waals surface area contributed by atoms with Gasteiger partial charge in [0.15, 0.2) is 5.84 Å². The van der Waals surface area contributed by atoms with Gasteiger partial charge in [-0.05, 0) is 20.8 Å². The number of ether oxygens (including phenoxy) is 2. The number of amidine groups is 1. The molecular formula is C12H19N3O3. The number of oxime groups is 1. The Kier molecular flexibility index (Phi) is 4.91. The average Bonchev–Trinajstić information content (AvgIpc) is 2.27. The highest BCUT2D eigenvalue weighted by Crippen LogP contribution is 2.23. The van der Waals surface area contributed by atoms with Crippen molar-refractivity contribution in [2.75, 3.05) is 13.7 Å². The maximum atomic E-state index is 8.80. The lowest BCUT2D eigenvalue weighted by Crippen LogP contribution is -2.23. The van der Waals surface area contributed by atoms with E-state index in [1.807, 2.05) is 13.8 Å². The molecule has 0 aliphatic rings. The summed E-state index contributed by atoms with van der Waals surface area (Å²) in [6.45, 7) is 5.98. The van der Waals surface area contributed by atoms with Gasteiger partial charge in [-0.1, -0.05) is 5.16 Å². The van der Waals surface area contributed by atoms with E-state index in [-0.39, 0.29) is 11.9 Å². The average molecular weight is 253 g/mol. The minimum absolute atomic E-state index is 0.0142. The van der Waals surface area contributed by atoms with Gasteiger partial charge < -0.3 is 20.4 Å². The number of aryl methyl sites for hydroxylation is 2. The zero-order chi connectivity index (χ0) is 13.7. The van der Waals surface area contributed by atoms with E-state index in [0.717, 1.165) is 5.69 Å². The molecule has 0 radical (unpaired) electrons. The molecule has 0 saturated heterocycles. The smallest absolute Gasteiger partial charge is 0.175 e. The molecule has 0 aliphatic heterocycles. The van der Waals surface area contributed by atoms with Gasteiger partial charge in [-0.3, -0.25) is 4.98 Å². The fourth-order valence-corrected chi connectivity index (χ4v) is 1.73. The first-order valence-electron chi connectivity index (χ1n) is 5.61. The van der Waals surface area contributed by atoms with E-state index >= 15 is 0 Å². The number of hydrogen-bond acceptors (Lipinski definition) is 5. The van der Waals surface area contributed by atoms with Crippen molar-refractivity contribution in [2.45, 2.75) is 26.9 Å². The fourth-order valence-electron chi connectivity index (χ4n) is 1.73. The molecule has 100 valence electrons. The van der Waals surface area contributed by atoms with Crippen LogP contribution in [0.1, 0.15) is 23.9 Å². The molecule has 1 heterocycles. The number of hydrogen-bond donors (Lipinski definition) is 2. The predicted octanol–water partition coefficient (Wildman–Crippen LogP) is 1.21. The Morgan fingerprint density at radius 1 is 1.56 bits per heavy atom. The Bertz CT molecular complexity index is 446. The van der Waals surface area contributed by atoms with Crippen LogP contribution in [-0.4, -0.2) is 35.8 Å². The summed E-state index contributed by atoms with van der Waals surface area (Å²) >= 11 is 0. The van der Waals surface area contributed by atoms with Gasteiger partial charge in [0.1, 0.15) is 11.9 Å². The molecule has 0 aromatic carbocycles. The van der Waals surface area contributed by atoms with Crippen LogP contribution in [0.25, 0.3) is 0 Å². The Hall–Kier alpha value is -1.82. The van der Waals surface area contributed by atoms with Crippen LogP contribution in [0.5, 0.6) is 5.75 Å². The summed E-state index contributed by atoms with van der Waals surface area (Å²) in [6, 6.07) is 1.76. The molecule has 1 aromatic heterocycles. The van der Waals surface area contributed by atoms with Crippen molar-refractivity contribution in [3.05, 3.63) is 23.0 Å². The zero-order valence-corrected chi connectivity index (χ0v) is 11.1. The molecule has 1 rings (SSSR count). The standard InChI is InChI=1S/C12H19N3O3/c1-7-5-10(18-8(2)6-17-4)11(9(3)14-7)12(13)15-16/h5,8,16H,6H2,1-4H3,(H2,13,15). The van der Waals surface area contributed by atoms with Gasteiger partial charge in [0, 0.05) is 18.9 Å². The molecule has 1 atom stereocenters. The van der Waals surface area contributed by atoms with E-state index in [2.05, 4.69) is 10.1 Å². The number of pyridine rings is 1. The lowest BCUT2D eigenvalue weighted by Gasteiger charge is -2.18. The molecule has 3 N–H and O–H groups in total. The molecule has 1 unspecified atom stereocenters. The third-order valence-electron chi connectivity index (χ3n) is 2.39. The molecule has 0 amide bonds. The first kappa shape index (κ1) is 14.2. The first-order valence-corrected chi connectivity index (χ1v) is 5.61. The van der Waals surface area contributed by atoms with Gasteiger partial charge in [-0.15, -0.1) is 0 Å². The van der Waals surface area contributed by atoms with Crippen LogP contribution in [0.15, 0.2) is 11.2 Å². The van der Waals surface area contributed by atoms with Gasteiger partial charge in [-0.25, -0.2) is 0 Å². The second-order valence-electron chi connectivity index (χ2n) is 4.09. The number of rotatable bonds is 5. The summed E-state index contributed by atoms with van der Waals surface area (Å²) in [5.41, 5.74) is 7.61. The van der Waals surface area contributed by atoms with Crippen molar-refractivity contribution in [3.63, 3.8) is 0 Å². The molecule has 6 heteroatoms. The topological polar surface area (TPSA) is 90.0 Å². The highest BCUT2D eigenvalue weighted by molar-refractivity contribution is 6.00. The largest absolute Gasteiger partial charge is 0.487 e. The van der Waals surface area contributed by atoms with Crippen LogP contribution >= 0.6 is 0 Å². The lowest BCUT2D eigenvalue weighted by molar-refractivity contribution is 0.0918. The summed E-state index contributed by atoms with van der Waals surface area (Å²) < 4.78 is 10.7. The number of nitrogens with two attached hydrogens (primary N) is 1. The van der Waals surface area contributed by atoms with Crippen LogP contribution in [0.2, 0.25) is 0 Å². The van der Waals surface area contributed by atoms with Crippen LogP contribution in [-0.2, 0) is 4.74 Å². The van der Waals surface area contributed by atoms with Gasteiger partial charge in [0.25, 0.3) is 0 Å². The van der Waals surface area contributed by atoms with E-state index < -0.39 is 0 Å². The summed E-state index contributed by atoms with van der Waals surface area (Å²) in [6.07, 6.45) is -0.138. The molecular weight excluding hydrogens is 234 g/mol. The lowest BCUT2D eigenvalue weighted by atomic mass is 10.1. The molecule has 18 heavy (non-hydrogen) atoms. The molecule has 0 bridgehead atoms. The highest BCUT2D eigenvalue weighted by atomic mass is 16.5. The van der Waals surface area contributed by atoms with Crippen molar-refractivity contribution >= 4 is 5.84 Å². The number of aromatic nitrogens is 1. The summed E-state index contributed by atoms with van der Waals surface area (Å²) in [7, 11) is 1.60. The quantitative estimate of drug-likeness (QED) is 0.356. The monoisotopic (exact) mass is 253 g/mol. The summed E-state index contributed by atoms with van der Waals surface area (Å²) in [5.74, 6) is 0.527. The Morgan fingerprint density at radius 3 is 2.78 bits per heavy atom. The van der Waals surface area contributed by atoms with Crippen LogP contribution in [0.4, 0.5) is 0 Å². The third-order valence-corrected chi connectivity index (χ3v) is 2.39. The van der Waals surface area contributed by atoms with Gasteiger partial charge in [-0.2, -0.15) is 0 Å². The van der Waals surface area contributed by atoms with E-state index in [1.54, 1.807) is 20.1 Å². The fraction of sp³-hybridized carbons (Fsp3) is 0.500. The van der Waals surface area contributed by atoms with Crippen molar-refractivity contribution in [1.29, 1.82) is 0 Å². The van der Waals surface area contributed by atoms with Crippen molar-refractivity contribution in [2.24, 2.45) is 10.9 Å². The van der Waals surface area contributed by atoms with Gasteiger partial charge >= 0.3 is 0 Å². The van der Waals surface area contributed by atoms with Crippen molar-refractivity contribution in [1.82, 2.24) is 4.98 Å². The van der Waals surface area contributed by atoms with Crippen molar-refractivity contribution in [3.8, 4) is 5.75 Å². The predicted molar refractivity (Wildman–Crippen MR) is 68.2 cm³/mol.